The van der Waals surface area contributed by atoms with E-state index in [0.29, 0.717) is 22.9 Å². The van der Waals surface area contributed by atoms with Crippen molar-refractivity contribution >= 4 is 34.6 Å². The molecule has 2 aromatic heterocycles. The summed E-state index contributed by atoms with van der Waals surface area (Å²) in [6.45, 7) is 3.88. The largest absolute Gasteiger partial charge is 0.377 e. The van der Waals surface area contributed by atoms with Crippen LogP contribution >= 0.6 is 0 Å². The summed E-state index contributed by atoms with van der Waals surface area (Å²) in [5.41, 5.74) is 3.54. The van der Waals surface area contributed by atoms with Gasteiger partial charge < -0.3 is 20.3 Å². The number of Topliss-reactive ketones (excluding diaryl/α,β-unsaturated/α-hetero) is 1. The van der Waals surface area contributed by atoms with Crippen LogP contribution in [-0.2, 0) is 9.53 Å². The van der Waals surface area contributed by atoms with E-state index in [-0.39, 0.29) is 30.3 Å². The third-order valence-electron chi connectivity index (χ3n) is 6.24. The first-order valence-electron chi connectivity index (χ1n) is 11.3. The summed E-state index contributed by atoms with van der Waals surface area (Å²) in [5.74, 6) is 1.76. The van der Waals surface area contributed by atoms with Crippen molar-refractivity contribution < 1.29 is 14.3 Å². The van der Waals surface area contributed by atoms with Gasteiger partial charge in [-0.05, 0) is 38.8 Å². The number of methoxy groups -OCH3 is 1. The fourth-order valence-corrected chi connectivity index (χ4v) is 4.20. The van der Waals surface area contributed by atoms with Crippen molar-refractivity contribution in [3.8, 4) is 5.69 Å². The zero-order chi connectivity index (χ0) is 24.0. The van der Waals surface area contributed by atoms with Crippen molar-refractivity contribution in [2.75, 3.05) is 36.3 Å². The number of aromatic nitrogens is 4. The molecule has 1 fully saturated rings. The molecule has 0 bridgehead atoms. The average molecular weight is 462 g/mol. The molecule has 2 N–H and O–H groups in total. The number of amides is 1. The third kappa shape index (κ3) is 3.90. The van der Waals surface area contributed by atoms with Gasteiger partial charge in [0.15, 0.2) is 11.6 Å². The summed E-state index contributed by atoms with van der Waals surface area (Å²) in [6, 6.07) is 7.56. The highest BCUT2D eigenvalue weighted by Crippen LogP contribution is 2.42. The fourth-order valence-electron chi connectivity index (χ4n) is 4.20. The number of anilines is 4. The van der Waals surface area contributed by atoms with Gasteiger partial charge in [-0.15, -0.1) is 0 Å². The van der Waals surface area contributed by atoms with Crippen LogP contribution in [0.5, 0.6) is 0 Å². The highest BCUT2D eigenvalue weighted by Gasteiger charge is 2.32. The molecule has 5 rings (SSSR count). The van der Waals surface area contributed by atoms with E-state index in [1.807, 2.05) is 36.9 Å². The molecule has 1 aliphatic carbocycles. The molecule has 34 heavy (non-hydrogen) atoms. The third-order valence-corrected chi connectivity index (χ3v) is 6.24. The molecule has 3 aromatic rings. The molecule has 10 nitrogen and oxygen atoms in total. The van der Waals surface area contributed by atoms with Crippen molar-refractivity contribution in [2.24, 2.45) is 5.92 Å². The first-order valence-corrected chi connectivity index (χ1v) is 11.3. The Labute approximate surface area is 197 Å². The Morgan fingerprint density at radius 2 is 2.03 bits per heavy atom. The Hall–Kier alpha value is -3.79. The Bertz CT molecular complexity index is 1280. The number of pyridine rings is 1. The number of carbonyl (C=O) groups excluding carboxylic acids is 2. The van der Waals surface area contributed by atoms with Crippen LogP contribution in [0.1, 0.15) is 47.8 Å². The lowest BCUT2D eigenvalue weighted by Gasteiger charge is -2.35. The monoisotopic (exact) mass is 461 g/mol. The normalized spacial score (nSPS) is 16.6. The summed E-state index contributed by atoms with van der Waals surface area (Å²) >= 11 is 0. The van der Waals surface area contributed by atoms with E-state index in [0.717, 1.165) is 35.7 Å². The lowest BCUT2D eigenvalue weighted by Crippen LogP contribution is -2.31. The van der Waals surface area contributed by atoms with E-state index in [1.54, 1.807) is 6.07 Å². The minimum Gasteiger partial charge on any atom is -0.377 e. The predicted molar refractivity (Wildman–Crippen MR) is 128 cm³/mol. The smallest absolute Gasteiger partial charge is 0.228 e. The second-order valence-electron chi connectivity index (χ2n) is 8.75. The molecular weight excluding hydrogens is 434 g/mol. The number of rotatable bonds is 7. The first-order chi connectivity index (χ1) is 16.4. The van der Waals surface area contributed by atoms with Gasteiger partial charge in [0.1, 0.15) is 18.2 Å². The average Bonchev–Trinajstić information content (AvgIpc) is 3.59. The molecule has 1 amide bonds. The van der Waals surface area contributed by atoms with Crippen LogP contribution in [0.4, 0.5) is 22.9 Å². The number of benzene rings is 1. The van der Waals surface area contributed by atoms with Gasteiger partial charge in [0.2, 0.25) is 5.91 Å². The standard InChI is InChI=1S/C24H27N7O3/c1-13-23-26-14(2)29-31(23)19-7-5-6-17(22(19)30(13)3)27-18-10-21(28-24(33)15-8-9-15)25-11-16(18)20(32)12-34-4/h5-7,10-11,13,15H,8-9,12H2,1-4H3,(H2,25,27,28,33). The van der Waals surface area contributed by atoms with Crippen molar-refractivity contribution in [1.82, 2.24) is 19.7 Å². The Morgan fingerprint density at radius 1 is 1.24 bits per heavy atom. The lowest BCUT2D eigenvalue weighted by atomic mass is 10.1. The van der Waals surface area contributed by atoms with Gasteiger partial charge >= 0.3 is 0 Å². The molecule has 176 valence electrons. The maximum Gasteiger partial charge on any atom is 0.228 e. The maximum atomic E-state index is 12.8. The van der Waals surface area contributed by atoms with Crippen LogP contribution in [0.2, 0.25) is 0 Å². The second kappa shape index (κ2) is 8.53. The number of hydrogen-bond donors (Lipinski definition) is 2. The van der Waals surface area contributed by atoms with Crippen molar-refractivity contribution in [3.05, 3.63) is 47.7 Å². The minimum atomic E-state index is -0.210. The fraction of sp³-hybridized carbons (Fsp3) is 0.375. The lowest BCUT2D eigenvalue weighted by molar-refractivity contribution is -0.117. The van der Waals surface area contributed by atoms with Gasteiger partial charge in [-0.1, -0.05) is 6.07 Å². The van der Waals surface area contributed by atoms with Crippen LogP contribution in [0, 0.1) is 12.8 Å². The molecule has 1 aliphatic heterocycles. The van der Waals surface area contributed by atoms with Gasteiger partial charge in [-0.25, -0.2) is 14.6 Å². The summed E-state index contributed by atoms with van der Waals surface area (Å²) in [4.78, 5) is 36.1. The van der Waals surface area contributed by atoms with Gasteiger partial charge in [-0.3, -0.25) is 9.59 Å². The molecule has 1 unspecified atom stereocenters. The van der Waals surface area contributed by atoms with Gasteiger partial charge in [0.25, 0.3) is 0 Å². The predicted octanol–water partition coefficient (Wildman–Crippen LogP) is 3.40. The molecule has 0 radical (unpaired) electrons. The molecule has 1 saturated carbocycles. The number of fused-ring (bicyclic) bond motifs is 3. The molecule has 1 aromatic carbocycles. The molecule has 2 aliphatic rings. The zero-order valence-corrected chi connectivity index (χ0v) is 19.6. The highest BCUT2D eigenvalue weighted by atomic mass is 16.5. The van der Waals surface area contributed by atoms with E-state index in [9.17, 15) is 9.59 Å². The SMILES string of the molecule is COCC(=O)c1cnc(NC(=O)C2CC2)cc1Nc1cccc2c1N(C)C(C)c1nc(C)nn1-2. The van der Waals surface area contributed by atoms with Crippen molar-refractivity contribution in [1.29, 1.82) is 0 Å². The molecule has 3 heterocycles. The number of ketones is 1. The number of ether oxygens (including phenoxy) is 1. The van der Waals surface area contributed by atoms with Crippen LogP contribution in [0.3, 0.4) is 0 Å². The number of nitrogens with zero attached hydrogens (tertiary/aromatic N) is 5. The molecule has 0 spiro atoms. The summed E-state index contributed by atoms with van der Waals surface area (Å²) in [6.07, 6.45) is 3.27. The van der Waals surface area contributed by atoms with E-state index in [2.05, 4.69) is 37.5 Å². The number of carbonyl (C=O) groups is 2. The van der Waals surface area contributed by atoms with Gasteiger partial charge in [-0.2, -0.15) is 5.10 Å². The number of nitrogens with one attached hydrogen (secondary N) is 2. The Morgan fingerprint density at radius 3 is 2.76 bits per heavy atom. The zero-order valence-electron chi connectivity index (χ0n) is 19.6. The van der Waals surface area contributed by atoms with E-state index < -0.39 is 0 Å². The van der Waals surface area contributed by atoms with E-state index >= 15 is 0 Å². The Balaban J connectivity index is 1.56. The maximum absolute atomic E-state index is 12.8. The number of para-hydroxylation sites is 1. The molecule has 0 saturated heterocycles. The van der Waals surface area contributed by atoms with Crippen LogP contribution in [0.25, 0.3) is 5.69 Å². The first kappa shape index (κ1) is 22.0. The van der Waals surface area contributed by atoms with Crippen molar-refractivity contribution in [2.45, 2.75) is 32.7 Å². The summed E-state index contributed by atoms with van der Waals surface area (Å²) in [5, 5.41) is 10.9. The van der Waals surface area contributed by atoms with Crippen LogP contribution < -0.4 is 15.5 Å². The van der Waals surface area contributed by atoms with Gasteiger partial charge in [0.05, 0.1) is 34.4 Å². The van der Waals surface area contributed by atoms with Crippen LogP contribution in [0.15, 0.2) is 30.5 Å². The van der Waals surface area contributed by atoms with E-state index in [1.165, 1.54) is 13.3 Å². The van der Waals surface area contributed by atoms with Crippen LogP contribution in [-0.4, -0.2) is 52.2 Å². The molecule has 10 heteroatoms. The minimum absolute atomic E-state index is 0.00271. The quantitative estimate of drug-likeness (QED) is 0.515. The van der Waals surface area contributed by atoms with Gasteiger partial charge in [0, 0.05) is 32.3 Å². The highest BCUT2D eigenvalue weighted by molar-refractivity contribution is 6.04. The Kier molecular flexibility index (Phi) is 5.52. The second-order valence-corrected chi connectivity index (χ2v) is 8.75. The molecule has 1 atom stereocenters. The van der Waals surface area contributed by atoms with Crippen molar-refractivity contribution in [3.63, 3.8) is 0 Å². The molecular formula is C24H27N7O3. The topological polar surface area (TPSA) is 114 Å². The summed E-state index contributed by atoms with van der Waals surface area (Å²) < 4.78 is 6.93. The number of hydrogen-bond acceptors (Lipinski definition) is 8. The van der Waals surface area contributed by atoms with E-state index in [4.69, 9.17) is 4.74 Å². The number of aryl methyl sites for hydroxylation is 1. The summed E-state index contributed by atoms with van der Waals surface area (Å²) in [7, 11) is 3.48.